The molecule has 0 aliphatic heterocycles. The number of nitrogens with zero attached hydrogens (tertiary/aromatic N) is 5. The summed E-state index contributed by atoms with van der Waals surface area (Å²) in [6.07, 6.45) is 3.40. The van der Waals surface area contributed by atoms with Gasteiger partial charge in [-0.15, -0.1) is 0 Å². The Balaban J connectivity index is 1.85. The van der Waals surface area contributed by atoms with Crippen LogP contribution in [0.2, 0.25) is 0 Å². The fourth-order valence-electron chi connectivity index (χ4n) is 1.98. The summed E-state index contributed by atoms with van der Waals surface area (Å²) in [4.78, 5) is 12.8. The number of rotatable bonds is 5. The van der Waals surface area contributed by atoms with Crippen LogP contribution in [-0.2, 0) is 0 Å². The first kappa shape index (κ1) is 14.6. The van der Waals surface area contributed by atoms with Gasteiger partial charge in [0.05, 0.1) is 0 Å². The molecule has 22 heavy (non-hydrogen) atoms. The lowest BCUT2D eigenvalue weighted by Gasteiger charge is -2.17. The Kier molecular flexibility index (Phi) is 4.10. The molecule has 7 nitrogen and oxygen atoms in total. The molecule has 0 amide bonds. The first-order valence-electron chi connectivity index (χ1n) is 6.94. The summed E-state index contributed by atoms with van der Waals surface area (Å²) in [5, 5.41) is 8.12. The molecule has 3 aromatic rings. The zero-order chi connectivity index (χ0) is 15.5. The molecule has 0 bridgehead atoms. The van der Waals surface area contributed by atoms with Crippen molar-refractivity contribution in [3.8, 4) is 11.4 Å². The van der Waals surface area contributed by atoms with Crippen LogP contribution in [0.4, 0.5) is 5.13 Å². The Hall–Kier alpha value is -2.35. The first-order chi connectivity index (χ1) is 10.6. The molecule has 0 saturated heterocycles. The minimum atomic E-state index is -0.115. The van der Waals surface area contributed by atoms with E-state index in [1.165, 1.54) is 11.5 Å². The largest absolute Gasteiger partial charge is 0.348 e. The molecule has 0 fully saturated rings. The lowest BCUT2D eigenvalue weighted by atomic mass is 10.0. The Morgan fingerprint density at radius 2 is 1.95 bits per heavy atom. The molecule has 3 heterocycles. The van der Waals surface area contributed by atoms with Crippen LogP contribution >= 0.6 is 11.5 Å². The van der Waals surface area contributed by atoms with Gasteiger partial charge in [-0.25, -0.2) is 4.98 Å². The van der Waals surface area contributed by atoms with E-state index in [0.29, 0.717) is 11.7 Å². The second kappa shape index (κ2) is 6.18. The summed E-state index contributed by atoms with van der Waals surface area (Å²) in [5.41, 5.74) is 0.874. The van der Waals surface area contributed by atoms with Crippen molar-refractivity contribution in [2.45, 2.75) is 26.8 Å². The van der Waals surface area contributed by atoms with Gasteiger partial charge in [-0.2, -0.15) is 9.36 Å². The number of aromatic nitrogens is 5. The van der Waals surface area contributed by atoms with E-state index in [1.54, 1.807) is 12.4 Å². The van der Waals surface area contributed by atoms with Gasteiger partial charge in [0.25, 0.3) is 0 Å². The van der Waals surface area contributed by atoms with E-state index in [4.69, 9.17) is 4.52 Å². The fraction of sp³-hybridized carbons (Fsp3) is 0.357. The Morgan fingerprint density at radius 3 is 2.59 bits per heavy atom. The van der Waals surface area contributed by atoms with Crippen molar-refractivity contribution in [1.29, 1.82) is 0 Å². The van der Waals surface area contributed by atoms with E-state index in [-0.39, 0.29) is 12.0 Å². The highest BCUT2D eigenvalue weighted by molar-refractivity contribution is 7.09. The van der Waals surface area contributed by atoms with Crippen molar-refractivity contribution >= 4 is 16.7 Å². The normalized spacial score (nSPS) is 12.5. The Morgan fingerprint density at radius 1 is 1.18 bits per heavy atom. The highest BCUT2D eigenvalue weighted by Crippen LogP contribution is 2.27. The molecular weight excluding hydrogens is 300 g/mol. The number of nitrogens with one attached hydrogen (secondary N) is 1. The average Bonchev–Trinajstić information content (AvgIpc) is 3.14. The van der Waals surface area contributed by atoms with Crippen LogP contribution in [0, 0.1) is 12.8 Å². The third-order valence-electron chi connectivity index (χ3n) is 3.12. The molecule has 0 aliphatic rings. The molecule has 0 saturated carbocycles. The monoisotopic (exact) mass is 316 g/mol. The third-order valence-corrected chi connectivity index (χ3v) is 3.86. The van der Waals surface area contributed by atoms with Gasteiger partial charge >= 0.3 is 0 Å². The summed E-state index contributed by atoms with van der Waals surface area (Å²) < 4.78 is 9.60. The third kappa shape index (κ3) is 3.11. The van der Waals surface area contributed by atoms with Crippen molar-refractivity contribution in [1.82, 2.24) is 24.5 Å². The molecule has 0 aliphatic carbocycles. The summed E-state index contributed by atoms with van der Waals surface area (Å²) in [5.74, 6) is 2.10. The SMILES string of the molecule is Cc1nsc(NC(c2nc(-c3ccncc3)no2)C(C)C)n1. The lowest BCUT2D eigenvalue weighted by Crippen LogP contribution is -2.17. The quantitative estimate of drug-likeness (QED) is 0.773. The number of anilines is 1. The zero-order valence-corrected chi connectivity index (χ0v) is 13.3. The van der Waals surface area contributed by atoms with E-state index >= 15 is 0 Å². The first-order valence-corrected chi connectivity index (χ1v) is 7.71. The summed E-state index contributed by atoms with van der Waals surface area (Å²) in [7, 11) is 0. The van der Waals surface area contributed by atoms with Gasteiger partial charge in [0, 0.05) is 29.5 Å². The lowest BCUT2D eigenvalue weighted by molar-refractivity contribution is 0.336. The predicted molar refractivity (Wildman–Crippen MR) is 83.4 cm³/mol. The van der Waals surface area contributed by atoms with Gasteiger partial charge < -0.3 is 9.84 Å². The second-order valence-electron chi connectivity index (χ2n) is 5.20. The van der Waals surface area contributed by atoms with Gasteiger partial charge in [-0.1, -0.05) is 19.0 Å². The van der Waals surface area contributed by atoms with E-state index in [9.17, 15) is 0 Å². The molecule has 0 aromatic carbocycles. The van der Waals surface area contributed by atoms with Crippen LogP contribution in [0.1, 0.15) is 31.6 Å². The highest BCUT2D eigenvalue weighted by Gasteiger charge is 2.24. The van der Waals surface area contributed by atoms with E-state index in [1.807, 2.05) is 19.1 Å². The molecule has 114 valence electrons. The van der Waals surface area contributed by atoms with Crippen LogP contribution < -0.4 is 5.32 Å². The Labute approximate surface area is 132 Å². The molecule has 0 radical (unpaired) electrons. The van der Waals surface area contributed by atoms with Crippen LogP contribution in [-0.4, -0.2) is 24.5 Å². The minimum absolute atomic E-state index is 0.115. The molecule has 1 unspecified atom stereocenters. The molecule has 8 heteroatoms. The van der Waals surface area contributed by atoms with Gasteiger partial charge in [-0.3, -0.25) is 4.98 Å². The van der Waals surface area contributed by atoms with Gasteiger partial charge in [0.1, 0.15) is 11.9 Å². The summed E-state index contributed by atoms with van der Waals surface area (Å²) >= 11 is 1.32. The fourth-order valence-corrected chi connectivity index (χ4v) is 2.59. The van der Waals surface area contributed by atoms with Crippen molar-refractivity contribution in [2.24, 2.45) is 5.92 Å². The van der Waals surface area contributed by atoms with Gasteiger partial charge in [0.2, 0.25) is 16.8 Å². The minimum Gasteiger partial charge on any atom is -0.348 e. The van der Waals surface area contributed by atoms with E-state index in [2.05, 4.69) is 43.6 Å². The number of pyridine rings is 1. The molecule has 0 spiro atoms. The molecular formula is C14H16N6OS. The van der Waals surface area contributed by atoms with Gasteiger partial charge in [-0.05, 0) is 25.0 Å². The standard InChI is InChI=1S/C14H16N6OS/c1-8(2)11(17-14-16-9(3)20-22-14)13-18-12(19-21-13)10-4-6-15-7-5-10/h4-8,11H,1-3H3,(H,16,17,20). The van der Waals surface area contributed by atoms with Gasteiger partial charge in [0.15, 0.2) is 0 Å². The molecule has 3 aromatic heterocycles. The second-order valence-corrected chi connectivity index (χ2v) is 5.96. The topological polar surface area (TPSA) is 89.6 Å². The number of hydrogen-bond donors (Lipinski definition) is 1. The van der Waals surface area contributed by atoms with Crippen molar-refractivity contribution in [3.63, 3.8) is 0 Å². The smallest absolute Gasteiger partial charge is 0.249 e. The van der Waals surface area contributed by atoms with Crippen LogP contribution in [0.25, 0.3) is 11.4 Å². The summed E-state index contributed by atoms with van der Waals surface area (Å²) in [6.45, 7) is 6.03. The van der Waals surface area contributed by atoms with Crippen LogP contribution in [0.3, 0.4) is 0 Å². The van der Waals surface area contributed by atoms with E-state index < -0.39 is 0 Å². The van der Waals surface area contributed by atoms with Crippen LogP contribution in [0.5, 0.6) is 0 Å². The molecule has 1 N–H and O–H groups in total. The Bertz CT molecular complexity index is 739. The van der Waals surface area contributed by atoms with Crippen molar-refractivity contribution in [3.05, 3.63) is 36.2 Å². The highest BCUT2D eigenvalue weighted by atomic mass is 32.1. The predicted octanol–water partition coefficient (Wildman–Crippen LogP) is 3.10. The maximum Gasteiger partial charge on any atom is 0.249 e. The van der Waals surface area contributed by atoms with Crippen molar-refractivity contribution in [2.75, 3.05) is 5.32 Å². The average molecular weight is 316 g/mol. The molecule has 3 rings (SSSR count). The molecule has 1 atom stereocenters. The van der Waals surface area contributed by atoms with E-state index in [0.717, 1.165) is 16.5 Å². The maximum absolute atomic E-state index is 5.43. The number of hydrogen-bond acceptors (Lipinski definition) is 8. The summed E-state index contributed by atoms with van der Waals surface area (Å²) in [6, 6.07) is 3.58. The maximum atomic E-state index is 5.43. The number of aryl methyl sites for hydroxylation is 1. The van der Waals surface area contributed by atoms with Crippen molar-refractivity contribution < 1.29 is 4.52 Å². The zero-order valence-electron chi connectivity index (χ0n) is 12.5. The van der Waals surface area contributed by atoms with Crippen LogP contribution in [0.15, 0.2) is 29.0 Å².